The Morgan fingerprint density at radius 2 is 1.20 bits per heavy atom. The van der Waals surface area contributed by atoms with Crippen molar-refractivity contribution in [2.24, 2.45) is 0 Å². The summed E-state index contributed by atoms with van der Waals surface area (Å²) in [6.07, 6.45) is 0. The molecule has 0 saturated carbocycles. The fraction of sp³-hybridized carbons (Fsp3) is 0. The number of nitrogen functional groups attached to an aromatic ring is 1. The molecule has 6 aromatic rings. The van der Waals surface area contributed by atoms with Crippen molar-refractivity contribution in [2.45, 2.75) is 0 Å². The van der Waals surface area contributed by atoms with Crippen LogP contribution in [0.15, 0.2) is 109 Å². The second kappa shape index (κ2) is 6.50. The largest absolute Gasteiger partial charge is 0.399 e. The van der Waals surface area contributed by atoms with Crippen molar-refractivity contribution in [3.05, 3.63) is 109 Å². The molecule has 2 N–H and O–H groups in total. The zero-order chi connectivity index (χ0) is 20.1. The van der Waals surface area contributed by atoms with Gasteiger partial charge in [-0.3, -0.25) is 0 Å². The van der Waals surface area contributed by atoms with Crippen LogP contribution >= 0.6 is 0 Å². The highest BCUT2D eigenvalue weighted by Crippen LogP contribution is 2.37. The van der Waals surface area contributed by atoms with Gasteiger partial charge in [0.1, 0.15) is 0 Å². The molecule has 1 heterocycles. The monoisotopic (exact) mass is 384 g/mol. The van der Waals surface area contributed by atoms with E-state index in [4.69, 9.17) is 5.73 Å². The molecule has 2 heteroatoms. The molecule has 0 radical (unpaired) electrons. The Hall–Kier alpha value is -4.04. The van der Waals surface area contributed by atoms with E-state index in [1.807, 2.05) is 6.07 Å². The fourth-order valence-electron chi connectivity index (χ4n) is 4.51. The number of hydrogen-bond acceptors (Lipinski definition) is 1. The Kier molecular flexibility index (Phi) is 3.65. The Morgan fingerprint density at radius 1 is 0.500 bits per heavy atom. The first-order chi connectivity index (χ1) is 14.8. The lowest BCUT2D eigenvalue weighted by atomic mass is 10.0. The van der Waals surface area contributed by atoms with Crippen molar-refractivity contribution in [2.75, 3.05) is 5.73 Å². The van der Waals surface area contributed by atoms with E-state index in [2.05, 4.69) is 108 Å². The minimum Gasteiger partial charge on any atom is -0.399 e. The van der Waals surface area contributed by atoms with Crippen LogP contribution in [-0.2, 0) is 0 Å². The second-order valence-electron chi connectivity index (χ2n) is 7.71. The van der Waals surface area contributed by atoms with Crippen LogP contribution in [0.3, 0.4) is 0 Å². The molecule has 0 bridgehead atoms. The van der Waals surface area contributed by atoms with E-state index in [1.54, 1.807) is 0 Å². The number of benzene rings is 5. The highest BCUT2D eigenvalue weighted by molar-refractivity contribution is 6.12. The van der Waals surface area contributed by atoms with Gasteiger partial charge in [-0.05, 0) is 40.8 Å². The van der Waals surface area contributed by atoms with E-state index >= 15 is 0 Å². The Bertz CT molecular complexity index is 1540. The van der Waals surface area contributed by atoms with E-state index in [-0.39, 0.29) is 0 Å². The maximum absolute atomic E-state index is 6.21. The molecule has 0 unspecified atom stereocenters. The van der Waals surface area contributed by atoms with E-state index in [1.165, 1.54) is 43.9 Å². The third-order valence-corrected chi connectivity index (χ3v) is 5.91. The number of fused-ring (bicyclic) bond motifs is 4. The van der Waals surface area contributed by atoms with Crippen molar-refractivity contribution in [1.29, 1.82) is 0 Å². The summed E-state index contributed by atoms with van der Waals surface area (Å²) in [6, 6.07) is 38.5. The van der Waals surface area contributed by atoms with Crippen LogP contribution in [0.1, 0.15) is 0 Å². The van der Waals surface area contributed by atoms with Gasteiger partial charge in [-0.15, -0.1) is 0 Å². The Labute approximate surface area is 174 Å². The van der Waals surface area contributed by atoms with Gasteiger partial charge >= 0.3 is 0 Å². The van der Waals surface area contributed by atoms with Crippen molar-refractivity contribution in [3.8, 4) is 16.8 Å². The van der Waals surface area contributed by atoms with Crippen LogP contribution in [0, 0.1) is 0 Å². The predicted octanol–water partition coefficient (Wildman–Crippen LogP) is 7.19. The molecular weight excluding hydrogens is 364 g/mol. The molecule has 0 atom stereocenters. The summed E-state index contributed by atoms with van der Waals surface area (Å²) < 4.78 is 2.36. The first-order valence-electron chi connectivity index (χ1n) is 10.2. The van der Waals surface area contributed by atoms with Gasteiger partial charge in [-0.2, -0.15) is 0 Å². The molecule has 5 aromatic carbocycles. The van der Waals surface area contributed by atoms with Crippen LogP contribution in [0.4, 0.5) is 5.69 Å². The third kappa shape index (κ3) is 2.51. The molecule has 6 rings (SSSR count). The van der Waals surface area contributed by atoms with Gasteiger partial charge in [0.15, 0.2) is 0 Å². The summed E-state index contributed by atoms with van der Waals surface area (Å²) in [7, 11) is 0. The van der Waals surface area contributed by atoms with Crippen molar-refractivity contribution in [3.63, 3.8) is 0 Å². The molecule has 142 valence electrons. The molecule has 0 amide bonds. The Balaban J connectivity index is 1.77. The van der Waals surface area contributed by atoms with Gasteiger partial charge in [0.05, 0.1) is 16.7 Å². The number of aromatic nitrogens is 1. The van der Waals surface area contributed by atoms with Crippen LogP contribution in [-0.4, -0.2) is 4.57 Å². The van der Waals surface area contributed by atoms with Gasteiger partial charge in [-0.1, -0.05) is 84.9 Å². The molecule has 30 heavy (non-hydrogen) atoms. The molecule has 0 fully saturated rings. The summed E-state index contributed by atoms with van der Waals surface area (Å²) in [5, 5.41) is 4.91. The number of nitrogens with zero attached hydrogens (tertiary/aromatic N) is 1. The SMILES string of the molecule is Nc1ccc2c3ccc(-c4ccccc4)cc3n(-c3cccc4ccccc34)c2c1. The van der Waals surface area contributed by atoms with E-state index in [0.29, 0.717) is 0 Å². The van der Waals surface area contributed by atoms with Crippen LogP contribution < -0.4 is 5.73 Å². The summed E-state index contributed by atoms with van der Waals surface area (Å²) in [4.78, 5) is 0. The highest BCUT2D eigenvalue weighted by Gasteiger charge is 2.15. The molecule has 0 aliphatic carbocycles. The van der Waals surface area contributed by atoms with Gasteiger partial charge < -0.3 is 10.3 Å². The lowest BCUT2D eigenvalue weighted by molar-refractivity contribution is 1.20. The fourth-order valence-corrected chi connectivity index (χ4v) is 4.51. The standard InChI is InChI=1S/C28H20N2/c29-22-14-16-25-24-15-13-21(19-7-2-1-3-8-19)17-27(24)30(28(25)18-22)26-12-6-10-20-9-4-5-11-23(20)26/h1-18H,29H2. The van der Waals surface area contributed by atoms with Gasteiger partial charge in [-0.25, -0.2) is 0 Å². The van der Waals surface area contributed by atoms with E-state index < -0.39 is 0 Å². The summed E-state index contributed by atoms with van der Waals surface area (Å²) in [5.41, 5.74) is 12.9. The topological polar surface area (TPSA) is 30.9 Å². The third-order valence-electron chi connectivity index (χ3n) is 5.91. The Morgan fingerprint density at radius 3 is 2.07 bits per heavy atom. The van der Waals surface area contributed by atoms with Crippen LogP contribution in [0.2, 0.25) is 0 Å². The molecule has 0 spiro atoms. The smallest absolute Gasteiger partial charge is 0.0561 e. The quantitative estimate of drug-likeness (QED) is 0.315. The first-order valence-corrected chi connectivity index (χ1v) is 10.2. The lowest BCUT2D eigenvalue weighted by Gasteiger charge is -2.12. The van der Waals surface area contributed by atoms with Crippen molar-refractivity contribution >= 4 is 38.3 Å². The zero-order valence-electron chi connectivity index (χ0n) is 16.4. The average molecular weight is 384 g/mol. The number of nitrogens with two attached hydrogens (primary N) is 1. The normalized spacial score (nSPS) is 11.5. The first kappa shape index (κ1) is 16.9. The maximum Gasteiger partial charge on any atom is 0.0561 e. The molecule has 2 nitrogen and oxygen atoms in total. The average Bonchev–Trinajstić information content (AvgIpc) is 3.11. The van der Waals surface area contributed by atoms with Gasteiger partial charge in [0.25, 0.3) is 0 Å². The maximum atomic E-state index is 6.21. The lowest BCUT2D eigenvalue weighted by Crippen LogP contribution is -1.96. The summed E-state index contributed by atoms with van der Waals surface area (Å²) in [5.74, 6) is 0. The predicted molar refractivity (Wildman–Crippen MR) is 128 cm³/mol. The summed E-state index contributed by atoms with van der Waals surface area (Å²) in [6.45, 7) is 0. The van der Waals surface area contributed by atoms with Gasteiger partial charge in [0.2, 0.25) is 0 Å². The van der Waals surface area contributed by atoms with Crippen LogP contribution in [0.25, 0.3) is 49.4 Å². The molecular formula is C28H20N2. The number of hydrogen-bond donors (Lipinski definition) is 1. The highest BCUT2D eigenvalue weighted by atomic mass is 15.0. The number of rotatable bonds is 2. The number of anilines is 1. The van der Waals surface area contributed by atoms with E-state index in [9.17, 15) is 0 Å². The molecule has 0 aliphatic heterocycles. The minimum absolute atomic E-state index is 0.773. The van der Waals surface area contributed by atoms with E-state index in [0.717, 1.165) is 11.2 Å². The molecule has 0 aliphatic rings. The van der Waals surface area contributed by atoms with Crippen molar-refractivity contribution in [1.82, 2.24) is 4.57 Å². The van der Waals surface area contributed by atoms with Crippen molar-refractivity contribution < 1.29 is 0 Å². The minimum atomic E-state index is 0.773. The van der Waals surface area contributed by atoms with Gasteiger partial charge in [0, 0.05) is 21.8 Å². The summed E-state index contributed by atoms with van der Waals surface area (Å²) >= 11 is 0. The second-order valence-corrected chi connectivity index (χ2v) is 7.71. The van der Waals surface area contributed by atoms with Crippen LogP contribution in [0.5, 0.6) is 0 Å². The zero-order valence-corrected chi connectivity index (χ0v) is 16.4. The molecule has 1 aromatic heterocycles. The molecule has 0 saturated heterocycles.